The van der Waals surface area contributed by atoms with Crippen LogP contribution in [0.2, 0.25) is 0 Å². The molecule has 0 bridgehead atoms. The monoisotopic (exact) mass is 276 g/mol. The predicted molar refractivity (Wildman–Crippen MR) is 86.4 cm³/mol. The number of carbonyl (C=O) groups is 1. The Bertz CT molecular complexity index is 429. The fraction of sp³-hybridized carbons (Fsp3) is 0.588. The molecular formula is C17H28N2O. The Hall–Kier alpha value is -1.51. The van der Waals surface area contributed by atoms with Gasteiger partial charge in [-0.1, -0.05) is 27.2 Å². The molecule has 0 aromatic heterocycles. The molecule has 1 unspecified atom stereocenters. The minimum Gasteiger partial charge on any atom is -0.385 e. The van der Waals surface area contributed by atoms with E-state index in [1.165, 1.54) is 0 Å². The van der Waals surface area contributed by atoms with Crippen LogP contribution in [0.1, 0.15) is 62.4 Å². The summed E-state index contributed by atoms with van der Waals surface area (Å²) in [6, 6.07) is 6.23. The lowest BCUT2D eigenvalue weighted by Crippen LogP contribution is -2.34. The van der Waals surface area contributed by atoms with Gasteiger partial charge in [-0.3, -0.25) is 4.79 Å². The number of carbonyl (C=O) groups excluding carboxylic acids is 1. The largest absolute Gasteiger partial charge is 0.385 e. The van der Waals surface area contributed by atoms with Crippen LogP contribution in [0.25, 0.3) is 0 Å². The first-order chi connectivity index (χ1) is 9.62. The molecule has 0 heterocycles. The molecule has 0 radical (unpaired) electrons. The zero-order valence-corrected chi connectivity index (χ0v) is 13.3. The zero-order chi connectivity index (χ0) is 15.0. The van der Waals surface area contributed by atoms with Crippen LogP contribution in [0.5, 0.6) is 0 Å². The molecule has 0 saturated carbocycles. The Kier molecular flexibility index (Phi) is 7.13. The Morgan fingerprint density at radius 3 is 2.50 bits per heavy atom. The second kappa shape index (κ2) is 8.62. The van der Waals surface area contributed by atoms with E-state index >= 15 is 0 Å². The van der Waals surface area contributed by atoms with Crippen molar-refractivity contribution in [2.75, 3.05) is 11.9 Å². The third-order valence-corrected chi connectivity index (χ3v) is 3.52. The van der Waals surface area contributed by atoms with Gasteiger partial charge in [0.15, 0.2) is 0 Å². The van der Waals surface area contributed by atoms with E-state index in [2.05, 4.69) is 31.4 Å². The zero-order valence-electron chi connectivity index (χ0n) is 13.3. The summed E-state index contributed by atoms with van der Waals surface area (Å²) in [5, 5.41) is 6.47. The van der Waals surface area contributed by atoms with E-state index in [0.29, 0.717) is 0 Å². The first-order valence-electron chi connectivity index (χ1n) is 7.77. The minimum absolute atomic E-state index is 0.0461. The van der Waals surface area contributed by atoms with Gasteiger partial charge in [0, 0.05) is 23.8 Å². The summed E-state index contributed by atoms with van der Waals surface area (Å²) in [6.07, 6.45) is 4.21. The highest BCUT2D eigenvalue weighted by Gasteiger charge is 2.13. The van der Waals surface area contributed by atoms with Crippen LogP contribution in [-0.4, -0.2) is 18.5 Å². The molecule has 3 heteroatoms. The smallest absolute Gasteiger partial charge is 0.251 e. The lowest BCUT2D eigenvalue weighted by atomic mass is 10.0. The molecule has 1 amide bonds. The van der Waals surface area contributed by atoms with E-state index in [1.54, 1.807) is 0 Å². The molecule has 1 rings (SSSR count). The van der Waals surface area contributed by atoms with Crippen molar-refractivity contribution >= 4 is 11.6 Å². The quantitative estimate of drug-likeness (QED) is 0.749. The number of amides is 1. The van der Waals surface area contributed by atoms with E-state index in [4.69, 9.17) is 0 Å². The fourth-order valence-corrected chi connectivity index (χ4v) is 2.29. The Balaban J connectivity index is 2.73. The van der Waals surface area contributed by atoms with Crippen LogP contribution in [0, 0.1) is 6.92 Å². The second-order valence-corrected chi connectivity index (χ2v) is 5.32. The summed E-state index contributed by atoms with van der Waals surface area (Å²) >= 11 is 0. The molecule has 2 N–H and O–H groups in total. The van der Waals surface area contributed by atoms with Gasteiger partial charge in [-0.05, 0) is 49.9 Å². The van der Waals surface area contributed by atoms with Crippen LogP contribution in [-0.2, 0) is 0 Å². The number of nitrogens with one attached hydrogen (secondary N) is 2. The number of aryl methyl sites for hydroxylation is 1. The topological polar surface area (TPSA) is 41.1 Å². The molecule has 3 nitrogen and oxygen atoms in total. The van der Waals surface area contributed by atoms with E-state index in [-0.39, 0.29) is 11.9 Å². The van der Waals surface area contributed by atoms with Crippen LogP contribution in [0.4, 0.5) is 5.69 Å². The third-order valence-electron chi connectivity index (χ3n) is 3.52. The maximum atomic E-state index is 12.3. The maximum absolute atomic E-state index is 12.3. The predicted octanol–water partition coefficient (Wildman–Crippen LogP) is 4.13. The molecule has 112 valence electrons. The second-order valence-electron chi connectivity index (χ2n) is 5.32. The van der Waals surface area contributed by atoms with Crippen molar-refractivity contribution < 1.29 is 4.79 Å². The molecule has 1 aromatic carbocycles. The van der Waals surface area contributed by atoms with Gasteiger partial charge in [0.1, 0.15) is 0 Å². The molecular weight excluding hydrogens is 248 g/mol. The number of benzene rings is 1. The molecule has 0 saturated heterocycles. The van der Waals surface area contributed by atoms with Crippen molar-refractivity contribution in [3.8, 4) is 0 Å². The average Bonchev–Trinajstić information content (AvgIpc) is 2.44. The van der Waals surface area contributed by atoms with Crippen LogP contribution >= 0.6 is 0 Å². The van der Waals surface area contributed by atoms with Gasteiger partial charge in [-0.15, -0.1) is 0 Å². The van der Waals surface area contributed by atoms with Gasteiger partial charge < -0.3 is 10.6 Å². The Labute approximate surface area is 123 Å². The Morgan fingerprint density at radius 2 is 1.95 bits per heavy atom. The van der Waals surface area contributed by atoms with Crippen molar-refractivity contribution in [1.29, 1.82) is 0 Å². The Morgan fingerprint density at radius 1 is 1.20 bits per heavy atom. The maximum Gasteiger partial charge on any atom is 0.251 e. The van der Waals surface area contributed by atoms with Crippen molar-refractivity contribution in [2.24, 2.45) is 0 Å². The van der Waals surface area contributed by atoms with Crippen molar-refractivity contribution in [1.82, 2.24) is 5.32 Å². The molecule has 1 atom stereocenters. The van der Waals surface area contributed by atoms with Crippen molar-refractivity contribution in [2.45, 2.75) is 59.4 Å². The van der Waals surface area contributed by atoms with Crippen LogP contribution < -0.4 is 10.6 Å². The summed E-state index contributed by atoms with van der Waals surface area (Å²) in [4.78, 5) is 12.3. The van der Waals surface area contributed by atoms with E-state index in [1.807, 2.05) is 25.1 Å². The van der Waals surface area contributed by atoms with E-state index < -0.39 is 0 Å². The van der Waals surface area contributed by atoms with Gasteiger partial charge in [0.05, 0.1) is 0 Å². The average molecular weight is 276 g/mol. The van der Waals surface area contributed by atoms with Gasteiger partial charge in [-0.2, -0.15) is 0 Å². The molecule has 0 aliphatic heterocycles. The third kappa shape index (κ3) is 4.87. The summed E-state index contributed by atoms with van der Waals surface area (Å²) in [5.41, 5.74) is 2.89. The summed E-state index contributed by atoms with van der Waals surface area (Å²) < 4.78 is 0. The highest BCUT2D eigenvalue weighted by atomic mass is 16.1. The van der Waals surface area contributed by atoms with Gasteiger partial charge in [-0.25, -0.2) is 0 Å². The SMILES string of the molecule is CCCNc1ccc(C(=O)NC(CC)CCC)c(C)c1. The molecule has 0 aliphatic rings. The van der Waals surface area contributed by atoms with E-state index in [9.17, 15) is 4.79 Å². The van der Waals surface area contributed by atoms with Crippen molar-refractivity contribution in [3.05, 3.63) is 29.3 Å². The van der Waals surface area contributed by atoms with Gasteiger partial charge >= 0.3 is 0 Å². The molecule has 0 fully saturated rings. The van der Waals surface area contributed by atoms with E-state index in [0.717, 1.165) is 49.0 Å². The highest BCUT2D eigenvalue weighted by molar-refractivity contribution is 5.96. The summed E-state index contributed by atoms with van der Waals surface area (Å²) in [5.74, 6) is 0.0461. The van der Waals surface area contributed by atoms with Gasteiger partial charge in [0.2, 0.25) is 0 Å². The van der Waals surface area contributed by atoms with Crippen LogP contribution in [0.3, 0.4) is 0 Å². The first-order valence-corrected chi connectivity index (χ1v) is 7.77. The number of hydrogen-bond donors (Lipinski definition) is 2. The molecule has 1 aromatic rings. The summed E-state index contributed by atoms with van der Waals surface area (Å²) in [6.45, 7) is 9.35. The van der Waals surface area contributed by atoms with Gasteiger partial charge in [0.25, 0.3) is 5.91 Å². The molecule has 0 spiro atoms. The lowest BCUT2D eigenvalue weighted by molar-refractivity contribution is 0.0933. The lowest BCUT2D eigenvalue weighted by Gasteiger charge is -2.17. The normalized spacial score (nSPS) is 12.0. The minimum atomic E-state index is 0.0461. The molecule has 0 aliphatic carbocycles. The first kappa shape index (κ1) is 16.5. The summed E-state index contributed by atoms with van der Waals surface area (Å²) in [7, 11) is 0. The van der Waals surface area contributed by atoms with Crippen LogP contribution in [0.15, 0.2) is 18.2 Å². The number of hydrogen-bond acceptors (Lipinski definition) is 2. The number of anilines is 1. The molecule has 20 heavy (non-hydrogen) atoms. The number of rotatable bonds is 8. The fourth-order valence-electron chi connectivity index (χ4n) is 2.29. The van der Waals surface area contributed by atoms with Crippen molar-refractivity contribution in [3.63, 3.8) is 0 Å². The highest BCUT2D eigenvalue weighted by Crippen LogP contribution is 2.16. The standard InChI is InChI=1S/C17H28N2O/c1-5-8-14(7-3)19-17(20)16-10-9-15(12-13(16)4)18-11-6-2/h9-10,12,14,18H,5-8,11H2,1-4H3,(H,19,20).